The minimum absolute atomic E-state index is 0.308. The average molecular weight is 449 g/mol. The summed E-state index contributed by atoms with van der Waals surface area (Å²) >= 11 is 1.26. The second-order valence-electron chi connectivity index (χ2n) is 9.14. The van der Waals surface area contributed by atoms with Crippen LogP contribution in [0.4, 0.5) is 5.69 Å². The zero-order valence-electron chi connectivity index (χ0n) is 19.2. The Balaban J connectivity index is 2.10. The predicted molar refractivity (Wildman–Crippen MR) is 132 cm³/mol. The maximum atomic E-state index is 11.6. The van der Waals surface area contributed by atoms with Gasteiger partial charge < -0.3 is 14.8 Å². The Morgan fingerprint density at radius 3 is 2.42 bits per heavy atom. The molecule has 2 aliphatic rings. The number of carbonyl (C=O) groups is 1. The molecule has 0 saturated heterocycles. The second kappa shape index (κ2) is 7.46. The van der Waals surface area contributed by atoms with Gasteiger partial charge >= 0.3 is 0 Å². The lowest BCUT2D eigenvalue weighted by molar-refractivity contribution is -0.462. The van der Waals surface area contributed by atoms with Crippen LogP contribution < -0.4 is 15.2 Å². The van der Waals surface area contributed by atoms with Crippen molar-refractivity contribution in [3.05, 3.63) is 74.1 Å². The van der Waals surface area contributed by atoms with E-state index in [0.29, 0.717) is 4.88 Å². The van der Waals surface area contributed by atoms with Crippen LogP contribution in [0, 0.1) is 6.92 Å². The molecular formula is C25H28N2O2SSi. The van der Waals surface area contributed by atoms with Gasteiger partial charge in [0.05, 0.1) is 10.8 Å². The molecule has 4 rings (SSSR count). The lowest BCUT2D eigenvalue weighted by atomic mass is 9.89. The fourth-order valence-electron chi connectivity index (χ4n) is 4.54. The Kier molecular flexibility index (Phi) is 5.18. The molecule has 160 valence electrons. The lowest BCUT2D eigenvalue weighted by Gasteiger charge is -2.38. The largest absolute Gasteiger partial charge is 0.544 e. The predicted octanol–water partition coefficient (Wildman–Crippen LogP) is 2.97. The van der Waals surface area contributed by atoms with Gasteiger partial charge in [-0.1, -0.05) is 19.2 Å². The number of aromatic carboxylic acids is 1. The van der Waals surface area contributed by atoms with E-state index in [0.717, 1.165) is 16.7 Å². The number of nitrogens with zero attached hydrogens (tertiary/aromatic N) is 2. The highest BCUT2D eigenvalue weighted by Crippen LogP contribution is 2.43. The average Bonchev–Trinajstić information content (AvgIpc) is 3.09. The van der Waals surface area contributed by atoms with Crippen molar-refractivity contribution in [2.75, 3.05) is 33.1 Å². The molecule has 0 bridgehead atoms. The van der Waals surface area contributed by atoms with Crippen molar-refractivity contribution in [2.24, 2.45) is 0 Å². The van der Waals surface area contributed by atoms with Gasteiger partial charge in [0, 0.05) is 31.9 Å². The number of allylic oxidation sites excluding steroid dienone is 5. The Bertz CT molecular complexity index is 1240. The van der Waals surface area contributed by atoms with Crippen LogP contribution in [0.1, 0.15) is 26.4 Å². The van der Waals surface area contributed by atoms with Gasteiger partial charge in [0.25, 0.3) is 0 Å². The van der Waals surface area contributed by atoms with Crippen molar-refractivity contribution in [1.82, 2.24) is 0 Å². The minimum Gasteiger partial charge on any atom is -0.544 e. The molecule has 0 unspecified atom stereocenters. The first-order chi connectivity index (χ1) is 14.5. The van der Waals surface area contributed by atoms with Crippen molar-refractivity contribution in [3.63, 3.8) is 0 Å². The van der Waals surface area contributed by atoms with Crippen molar-refractivity contribution in [3.8, 4) is 0 Å². The van der Waals surface area contributed by atoms with Crippen molar-refractivity contribution < 1.29 is 14.5 Å². The summed E-state index contributed by atoms with van der Waals surface area (Å²) < 4.78 is 2.14. The summed E-state index contributed by atoms with van der Waals surface area (Å²) in [6.45, 7) is 6.71. The molecule has 1 aliphatic carbocycles. The summed E-state index contributed by atoms with van der Waals surface area (Å²) in [4.78, 5) is 14.1. The number of hydrogen-bond donors (Lipinski definition) is 0. The molecule has 0 N–H and O–H groups in total. The van der Waals surface area contributed by atoms with Crippen molar-refractivity contribution >= 4 is 47.5 Å². The van der Waals surface area contributed by atoms with Gasteiger partial charge in [-0.05, 0) is 68.7 Å². The van der Waals surface area contributed by atoms with Crippen LogP contribution in [0.15, 0.2) is 52.6 Å². The SMILES string of the molecule is Cc1c(C2=C3C=CC(=[N+](C)C)C=C3[Si](C)(C)c3cc(N(C)C)ccc32)csc1C(=O)[O-]. The number of carbonyl (C=O) groups excluding carboxylic acids is 1. The Morgan fingerprint density at radius 1 is 1.13 bits per heavy atom. The number of carboxylic acids is 1. The number of hydrogen-bond acceptors (Lipinski definition) is 4. The van der Waals surface area contributed by atoms with Gasteiger partial charge in [-0.2, -0.15) is 0 Å². The van der Waals surface area contributed by atoms with Crippen LogP contribution in [0.2, 0.25) is 13.1 Å². The summed E-state index contributed by atoms with van der Waals surface area (Å²) in [5.74, 6) is -1.11. The topological polar surface area (TPSA) is 46.4 Å². The molecule has 4 nitrogen and oxygen atoms in total. The summed E-state index contributed by atoms with van der Waals surface area (Å²) in [6, 6.07) is 6.70. The maximum absolute atomic E-state index is 11.6. The van der Waals surface area contributed by atoms with Crippen LogP contribution >= 0.6 is 11.3 Å². The van der Waals surface area contributed by atoms with E-state index in [-0.39, 0.29) is 0 Å². The molecule has 0 atom stereocenters. The molecule has 1 aromatic heterocycles. The Labute approximate surface area is 189 Å². The molecule has 0 fully saturated rings. The van der Waals surface area contributed by atoms with Crippen molar-refractivity contribution in [1.29, 1.82) is 0 Å². The first-order valence-electron chi connectivity index (χ1n) is 10.3. The fourth-order valence-corrected chi connectivity index (χ4v) is 8.52. The second-order valence-corrected chi connectivity index (χ2v) is 14.3. The van der Waals surface area contributed by atoms with E-state index in [1.54, 1.807) is 0 Å². The molecular weight excluding hydrogens is 420 g/mol. The van der Waals surface area contributed by atoms with E-state index >= 15 is 0 Å². The highest BCUT2D eigenvalue weighted by atomic mass is 32.1. The van der Waals surface area contributed by atoms with E-state index in [1.807, 2.05) is 12.3 Å². The normalized spacial score (nSPS) is 16.6. The molecule has 0 saturated carbocycles. The van der Waals surface area contributed by atoms with Gasteiger partial charge in [-0.25, -0.2) is 4.58 Å². The minimum atomic E-state index is -1.99. The zero-order valence-corrected chi connectivity index (χ0v) is 21.0. The first kappa shape index (κ1) is 21.5. The number of carboxylic acid groups (broad SMARTS) is 1. The molecule has 1 aliphatic heterocycles. The Morgan fingerprint density at radius 2 is 1.84 bits per heavy atom. The van der Waals surface area contributed by atoms with Crippen molar-refractivity contribution in [2.45, 2.75) is 20.0 Å². The van der Waals surface area contributed by atoms with Gasteiger partial charge in [-0.3, -0.25) is 0 Å². The monoisotopic (exact) mass is 448 g/mol. The molecule has 0 spiro atoms. The van der Waals surface area contributed by atoms with E-state index < -0.39 is 14.0 Å². The summed E-state index contributed by atoms with van der Waals surface area (Å²) in [7, 11) is 6.27. The number of anilines is 1. The van der Waals surface area contributed by atoms with Crippen LogP contribution in [-0.4, -0.2) is 52.5 Å². The summed E-state index contributed by atoms with van der Waals surface area (Å²) in [6.07, 6.45) is 6.70. The Hall–Kier alpha value is -2.70. The molecule has 31 heavy (non-hydrogen) atoms. The van der Waals surface area contributed by atoms with Crippen LogP contribution in [0.5, 0.6) is 0 Å². The number of thiophene rings is 1. The van der Waals surface area contributed by atoms with E-state index in [4.69, 9.17) is 0 Å². The van der Waals surface area contributed by atoms with E-state index in [2.05, 4.69) is 87.2 Å². The molecule has 0 amide bonds. The maximum Gasteiger partial charge on any atom is 0.199 e. The number of benzene rings is 1. The first-order valence-corrected chi connectivity index (χ1v) is 14.2. The van der Waals surface area contributed by atoms with Crippen LogP contribution in [0.3, 0.4) is 0 Å². The smallest absolute Gasteiger partial charge is 0.199 e. The van der Waals surface area contributed by atoms with Crippen LogP contribution in [0.25, 0.3) is 5.57 Å². The third-order valence-electron chi connectivity index (χ3n) is 6.42. The number of fused-ring (bicyclic) bond motifs is 2. The molecule has 6 heteroatoms. The van der Waals surface area contributed by atoms with E-state index in [1.165, 1.54) is 44.3 Å². The third-order valence-corrected chi connectivity index (χ3v) is 11.0. The van der Waals surface area contributed by atoms with Gasteiger partial charge in [-0.15, -0.1) is 11.3 Å². The zero-order chi connectivity index (χ0) is 22.7. The summed E-state index contributed by atoms with van der Waals surface area (Å²) in [5.41, 5.74) is 7.72. The molecule has 2 aromatic rings. The highest BCUT2D eigenvalue weighted by Gasteiger charge is 2.40. The third kappa shape index (κ3) is 3.34. The van der Waals surface area contributed by atoms with Gasteiger partial charge in [0.1, 0.15) is 22.2 Å². The van der Waals surface area contributed by atoms with Crippen LogP contribution in [-0.2, 0) is 0 Å². The standard InChI is InChI=1S/C25H28N2O2SSi/c1-15-20(14-30-24(15)25(28)29)23-18-10-8-16(26(2)3)12-21(18)31(6,7)22-13-17(27(4)5)9-11-19(22)23/h8-14H,1-7H3. The molecule has 2 heterocycles. The highest BCUT2D eigenvalue weighted by molar-refractivity contribution is 7.12. The molecule has 1 aromatic carbocycles. The summed E-state index contributed by atoms with van der Waals surface area (Å²) in [5, 5.41) is 16.4. The molecule has 0 radical (unpaired) electrons. The quantitative estimate of drug-likeness (QED) is 0.536. The number of rotatable bonds is 3. The van der Waals surface area contributed by atoms with Gasteiger partial charge in [0.2, 0.25) is 0 Å². The fraction of sp³-hybridized carbons (Fsp3) is 0.280. The van der Waals surface area contributed by atoms with Gasteiger partial charge in [0.15, 0.2) is 5.71 Å². The van der Waals surface area contributed by atoms with E-state index in [9.17, 15) is 9.90 Å². The lowest BCUT2D eigenvalue weighted by Crippen LogP contribution is -2.49.